The molecule has 2 unspecified atom stereocenters. The second kappa shape index (κ2) is 7.05. The predicted molar refractivity (Wildman–Crippen MR) is 79.3 cm³/mol. The number of nitrogens with zero attached hydrogens (tertiary/aromatic N) is 2. The maximum absolute atomic E-state index is 12.3. The van der Waals surface area contributed by atoms with Crippen LogP contribution >= 0.6 is 0 Å². The van der Waals surface area contributed by atoms with Gasteiger partial charge < -0.3 is 4.90 Å². The first-order valence-corrected chi connectivity index (χ1v) is 8.23. The van der Waals surface area contributed by atoms with Gasteiger partial charge in [-0.15, -0.1) is 0 Å². The molecule has 0 aromatic rings. The fourth-order valence-corrected chi connectivity index (χ4v) is 3.43. The first-order chi connectivity index (χ1) is 10.1. The summed E-state index contributed by atoms with van der Waals surface area (Å²) in [4.78, 5) is 40.0. The van der Waals surface area contributed by atoms with Crippen LogP contribution in [0.25, 0.3) is 0 Å². The first-order valence-electron chi connectivity index (χ1n) is 8.23. The fraction of sp³-hybridized carbons (Fsp3) is 0.812. The van der Waals surface area contributed by atoms with Crippen LogP contribution in [0.3, 0.4) is 0 Å². The first kappa shape index (κ1) is 16.0. The van der Waals surface area contributed by atoms with Crippen molar-refractivity contribution in [2.24, 2.45) is 11.8 Å². The van der Waals surface area contributed by atoms with Crippen LogP contribution in [0.15, 0.2) is 0 Å². The molecule has 1 aliphatic heterocycles. The third-order valence-corrected chi connectivity index (χ3v) is 4.74. The van der Waals surface area contributed by atoms with Crippen LogP contribution in [-0.2, 0) is 14.4 Å². The van der Waals surface area contributed by atoms with Crippen molar-refractivity contribution in [3.8, 4) is 0 Å². The number of carbonyl (C=O) groups excluding carboxylic acids is 3. The highest BCUT2D eigenvalue weighted by molar-refractivity contribution is 6.07. The summed E-state index contributed by atoms with van der Waals surface area (Å²) in [6.45, 7) is 5.27. The summed E-state index contributed by atoms with van der Waals surface area (Å²) in [5, 5.41) is 0. The van der Waals surface area contributed by atoms with Crippen molar-refractivity contribution in [2.45, 2.75) is 52.4 Å². The number of fused-ring (bicyclic) bond motifs is 1. The Hall–Kier alpha value is -1.39. The van der Waals surface area contributed by atoms with E-state index in [9.17, 15) is 14.4 Å². The number of likely N-dealkylation sites (tertiary alicyclic amines) is 1. The smallest absolute Gasteiger partial charge is 0.242 e. The van der Waals surface area contributed by atoms with E-state index < -0.39 is 0 Å². The molecule has 0 aromatic carbocycles. The molecule has 0 spiro atoms. The Kier molecular flexibility index (Phi) is 5.37. The second-order valence-corrected chi connectivity index (χ2v) is 6.09. The average Bonchev–Trinajstić information content (AvgIpc) is 2.74. The number of likely N-dealkylation sites (N-methyl/N-ethyl adjacent to an activating group) is 1. The van der Waals surface area contributed by atoms with E-state index in [0.29, 0.717) is 13.1 Å². The summed E-state index contributed by atoms with van der Waals surface area (Å²) in [6, 6.07) is 0. The van der Waals surface area contributed by atoms with Crippen molar-refractivity contribution >= 4 is 17.7 Å². The van der Waals surface area contributed by atoms with Crippen LogP contribution in [-0.4, -0.2) is 47.2 Å². The number of rotatable bonds is 6. The van der Waals surface area contributed by atoms with Gasteiger partial charge in [-0.2, -0.15) is 0 Å². The summed E-state index contributed by atoms with van der Waals surface area (Å²) in [5.74, 6) is -0.671. The molecule has 0 radical (unpaired) electrons. The van der Waals surface area contributed by atoms with Gasteiger partial charge in [0.15, 0.2) is 0 Å². The highest BCUT2D eigenvalue weighted by Gasteiger charge is 2.48. The Labute approximate surface area is 126 Å². The van der Waals surface area contributed by atoms with Crippen molar-refractivity contribution < 1.29 is 14.4 Å². The van der Waals surface area contributed by atoms with Gasteiger partial charge in [0.25, 0.3) is 0 Å². The molecule has 2 fully saturated rings. The van der Waals surface area contributed by atoms with Crippen LogP contribution in [0, 0.1) is 11.8 Å². The van der Waals surface area contributed by atoms with Gasteiger partial charge in [0.2, 0.25) is 17.7 Å². The maximum Gasteiger partial charge on any atom is 0.242 e. The minimum Gasteiger partial charge on any atom is -0.341 e. The lowest BCUT2D eigenvalue weighted by molar-refractivity contribution is -0.146. The maximum atomic E-state index is 12.3. The van der Waals surface area contributed by atoms with Crippen molar-refractivity contribution in [1.29, 1.82) is 0 Å². The summed E-state index contributed by atoms with van der Waals surface area (Å²) in [6.07, 6.45) is 5.60. The highest BCUT2D eigenvalue weighted by Crippen LogP contribution is 2.37. The Bertz CT molecular complexity index is 398. The number of hydrogen-bond donors (Lipinski definition) is 0. The lowest BCUT2D eigenvalue weighted by Crippen LogP contribution is -2.43. The molecule has 2 aliphatic rings. The zero-order valence-electron chi connectivity index (χ0n) is 13.1. The summed E-state index contributed by atoms with van der Waals surface area (Å²) < 4.78 is 0. The molecule has 118 valence electrons. The number of amides is 3. The van der Waals surface area contributed by atoms with E-state index in [2.05, 4.69) is 6.92 Å². The van der Waals surface area contributed by atoms with Gasteiger partial charge in [-0.1, -0.05) is 26.2 Å². The molecule has 5 nitrogen and oxygen atoms in total. The van der Waals surface area contributed by atoms with E-state index in [4.69, 9.17) is 0 Å². The monoisotopic (exact) mass is 294 g/mol. The summed E-state index contributed by atoms with van der Waals surface area (Å²) >= 11 is 0. The van der Waals surface area contributed by atoms with Crippen molar-refractivity contribution in [2.75, 3.05) is 19.6 Å². The van der Waals surface area contributed by atoms with E-state index in [1.54, 1.807) is 4.90 Å². The van der Waals surface area contributed by atoms with Crippen LogP contribution in [0.2, 0.25) is 0 Å². The normalized spacial score (nSPS) is 25.1. The minimum absolute atomic E-state index is 0.0672. The molecule has 1 heterocycles. The standard InChI is InChI=1S/C16H26N2O3/c1-3-5-10-17(4-2)14(19)11-18-15(20)12-8-6-7-9-13(12)16(18)21/h12-13H,3-11H2,1-2H3. The Morgan fingerprint density at radius 2 is 1.71 bits per heavy atom. The van der Waals surface area contributed by atoms with E-state index in [-0.39, 0.29) is 36.1 Å². The Balaban J connectivity index is 1.99. The zero-order chi connectivity index (χ0) is 15.4. The largest absolute Gasteiger partial charge is 0.341 e. The fourth-order valence-electron chi connectivity index (χ4n) is 3.43. The topological polar surface area (TPSA) is 57.7 Å². The molecular formula is C16H26N2O3. The summed E-state index contributed by atoms with van der Waals surface area (Å²) in [5.41, 5.74) is 0. The summed E-state index contributed by atoms with van der Waals surface area (Å²) in [7, 11) is 0. The molecule has 2 rings (SSSR count). The SMILES string of the molecule is CCCCN(CC)C(=O)CN1C(=O)C2CCCCC2C1=O. The molecular weight excluding hydrogens is 268 g/mol. The molecule has 21 heavy (non-hydrogen) atoms. The third-order valence-electron chi connectivity index (χ3n) is 4.74. The van der Waals surface area contributed by atoms with Gasteiger partial charge in [0.1, 0.15) is 6.54 Å². The van der Waals surface area contributed by atoms with Crippen LogP contribution < -0.4 is 0 Å². The van der Waals surface area contributed by atoms with Gasteiger partial charge in [-0.25, -0.2) is 0 Å². The molecule has 1 aliphatic carbocycles. The molecule has 1 saturated heterocycles. The van der Waals surface area contributed by atoms with E-state index in [0.717, 1.165) is 38.5 Å². The molecule has 0 bridgehead atoms. The van der Waals surface area contributed by atoms with Gasteiger partial charge in [0.05, 0.1) is 11.8 Å². The third kappa shape index (κ3) is 3.27. The molecule has 2 atom stereocenters. The molecule has 5 heteroatoms. The molecule has 0 N–H and O–H groups in total. The number of hydrogen-bond acceptors (Lipinski definition) is 3. The number of carbonyl (C=O) groups is 3. The van der Waals surface area contributed by atoms with Gasteiger partial charge >= 0.3 is 0 Å². The number of unbranched alkanes of at least 4 members (excludes halogenated alkanes) is 1. The van der Waals surface area contributed by atoms with Gasteiger partial charge in [-0.05, 0) is 26.2 Å². The average molecular weight is 294 g/mol. The second-order valence-electron chi connectivity index (χ2n) is 6.09. The van der Waals surface area contributed by atoms with Crippen molar-refractivity contribution in [3.05, 3.63) is 0 Å². The predicted octanol–water partition coefficient (Wildman–Crippen LogP) is 1.81. The van der Waals surface area contributed by atoms with Gasteiger partial charge in [0, 0.05) is 13.1 Å². The van der Waals surface area contributed by atoms with E-state index >= 15 is 0 Å². The Morgan fingerprint density at radius 1 is 1.14 bits per heavy atom. The molecule has 1 saturated carbocycles. The number of imide groups is 1. The van der Waals surface area contributed by atoms with Crippen molar-refractivity contribution in [3.63, 3.8) is 0 Å². The van der Waals surface area contributed by atoms with Gasteiger partial charge in [-0.3, -0.25) is 19.3 Å². The molecule has 3 amide bonds. The minimum atomic E-state index is -0.162. The zero-order valence-corrected chi connectivity index (χ0v) is 13.1. The lowest BCUT2D eigenvalue weighted by Gasteiger charge is -2.23. The highest BCUT2D eigenvalue weighted by atomic mass is 16.2. The quantitative estimate of drug-likeness (QED) is 0.702. The van der Waals surface area contributed by atoms with Crippen LogP contribution in [0.1, 0.15) is 52.4 Å². The van der Waals surface area contributed by atoms with Crippen molar-refractivity contribution in [1.82, 2.24) is 9.80 Å². The Morgan fingerprint density at radius 3 is 2.19 bits per heavy atom. The van der Waals surface area contributed by atoms with Crippen LogP contribution in [0.4, 0.5) is 0 Å². The molecule has 0 aromatic heterocycles. The van der Waals surface area contributed by atoms with E-state index in [1.807, 2.05) is 6.92 Å². The van der Waals surface area contributed by atoms with Crippen LogP contribution in [0.5, 0.6) is 0 Å². The van der Waals surface area contributed by atoms with E-state index in [1.165, 1.54) is 4.90 Å². The lowest BCUT2D eigenvalue weighted by atomic mass is 9.81.